The zero-order chi connectivity index (χ0) is 19.3. The minimum absolute atomic E-state index is 0.237. The number of para-hydroxylation sites is 1. The average molecular weight is 368 g/mol. The molecule has 2 saturated heterocycles. The molecule has 3 aliphatic rings. The van der Waals surface area contributed by atoms with Crippen LogP contribution in [0, 0.1) is 17.3 Å². The van der Waals surface area contributed by atoms with Crippen molar-refractivity contribution < 1.29 is 24.0 Å². The van der Waals surface area contributed by atoms with E-state index in [1.165, 1.54) is 0 Å². The Kier molecular flexibility index (Phi) is 3.69. The molecule has 9 nitrogen and oxygen atoms in total. The molecular weight excluding hydrogens is 352 g/mol. The van der Waals surface area contributed by atoms with E-state index in [-0.39, 0.29) is 18.6 Å². The molecule has 5 amide bonds. The first kappa shape index (κ1) is 17.1. The van der Waals surface area contributed by atoms with Gasteiger partial charge in [0.1, 0.15) is 5.41 Å². The van der Waals surface area contributed by atoms with Crippen LogP contribution in [0.25, 0.3) is 0 Å². The van der Waals surface area contributed by atoms with Crippen LogP contribution >= 0.6 is 0 Å². The number of benzene rings is 1. The number of imide groups is 2. The molecule has 3 heterocycles. The molecule has 4 rings (SSSR count). The number of amides is 5. The Bertz CT molecular complexity index is 887. The number of rotatable bonds is 3. The molecule has 0 bridgehead atoms. The van der Waals surface area contributed by atoms with Gasteiger partial charge in [-0.25, -0.2) is 0 Å². The molecule has 2 atom stereocenters. The van der Waals surface area contributed by atoms with Crippen LogP contribution in [0.15, 0.2) is 35.4 Å². The number of hydrogen-bond donors (Lipinski definition) is 2. The monoisotopic (exact) mass is 368 g/mol. The Labute approximate surface area is 153 Å². The molecule has 2 fully saturated rings. The van der Waals surface area contributed by atoms with Crippen molar-refractivity contribution in [1.29, 1.82) is 0 Å². The van der Waals surface area contributed by atoms with E-state index >= 15 is 0 Å². The molecular formula is C18H16N4O5. The van der Waals surface area contributed by atoms with Crippen molar-refractivity contribution in [2.75, 3.05) is 5.01 Å². The highest BCUT2D eigenvalue weighted by Gasteiger charge is 2.66. The van der Waals surface area contributed by atoms with Gasteiger partial charge in [0.15, 0.2) is 0 Å². The van der Waals surface area contributed by atoms with Gasteiger partial charge in [-0.3, -0.25) is 34.6 Å². The van der Waals surface area contributed by atoms with E-state index in [2.05, 4.69) is 15.7 Å². The van der Waals surface area contributed by atoms with Crippen molar-refractivity contribution in [2.45, 2.75) is 19.8 Å². The van der Waals surface area contributed by atoms with Crippen LogP contribution in [0.5, 0.6) is 0 Å². The van der Waals surface area contributed by atoms with Crippen molar-refractivity contribution in [3.05, 3.63) is 30.3 Å². The van der Waals surface area contributed by atoms with Crippen LogP contribution in [0.1, 0.15) is 19.8 Å². The molecule has 2 unspecified atom stereocenters. The lowest BCUT2D eigenvalue weighted by atomic mass is 9.62. The fourth-order valence-electron chi connectivity index (χ4n) is 4.24. The van der Waals surface area contributed by atoms with Gasteiger partial charge >= 0.3 is 0 Å². The molecule has 27 heavy (non-hydrogen) atoms. The summed E-state index contributed by atoms with van der Waals surface area (Å²) >= 11 is 0. The van der Waals surface area contributed by atoms with Gasteiger partial charge in [-0.2, -0.15) is 10.1 Å². The van der Waals surface area contributed by atoms with Gasteiger partial charge in [-0.15, -0.1) is 0 Å². The predicted molar refractivity (Wildman–Crippen MR) is 92.0 cm³/mol. The van der Waals surface area contributed by atoms with Gasteiger partial charge in [-0.1, -0.05) is 18.2 Å². The topological polar surface area (TPSA) is 125 Å². The summed E-state index contributed by atoms with van der Waals surface area (Å²) in [7, 11) is 0. The third-order valence-corrected chi connectivity index (χ3v) is 5.43. The Morgan fingerprint density at radius 2 is 1.44 bits per heavy atom. The molecule has 0 aromatic heterocycles. The molecule has 2 N–H and O–H groups in total. The van der Waals surface area contributed by atoms with Crippen LogP contribution in [-0.2, 0) is 24.0 Å². The predicted octanol–water partition coefficient (Wildman–Crippen LogP) is -0.279. The summed E-state index contributed by atoms with van der Waals surface area (Å²) < 4.78 is 0. The van der Waals surface area contributed by atoms with Crippen LogP contribution in [0.2, 0.25) is 0 Å². The smallest absolute Gasteiger partial charge is 0.261 e. The van der Waals surface area contributed by atoms with E-state index in [0.717, 1.165) is 5.01 Å². The molecule has 0 spiro atoms. The first-order chi connectivity index (χ1) is 12.9. The second kappa shape index (κ2) is 5.83. The van der Waals surface area contributed by atoms with E-state index < -0.39 is 46.8 Å². The number of hydrogen-bond acceptors (Lipinski definition) is 6. The summed E-state index contributed by atoms with van der Waals surface area (Å²) in [6.07, 6.45) is -0.476. The van der Waals surface area contributed by atoms with Crippen molar-refractivity contribution >= 4 is 40.9 Å². The Morgan fingerprint density at radius 1 is 0.926 bits per heavy atom. The number of anilines is 1. The third kappa shape index (κ3) is 2.31. The van der Waals surface area contributed by atoms with Gasteiger partial charge in [-0.05, 0) is 19.1 Å². The first-order valence-corrected chi connectivity index (χ1v) is 8.48. The molecule has 138 valence electrons. The fraction of sp³-hybridized carbons (Fsp3) is 0.333. The lowest BCUT2D eigenvalue weighted by Gasteiger charge is -2.35. The van der Waals surface area contributed by atoms with Crippen molar-refractivity contribution in [3.63, 3.8) is 0 Å². The van der Waals surface area contributed by atoms with Gasteiger partial charge < -0.3 is 0 Å². The highest BCUT2D eigenvalue weighted by Crippen LogP contribution is 2.49. The average Bonchev–Trinajstić information content (AvgIpc) is 3.23. The largest absolute Gasteiger partial charge is 0.296 e. The summed E-state index contributed by atoms with van der Waals surface area (Å²) in [6, 6.07) is 8.57. The van der Waals surface area contributed by atoms with Crippen LogP contribution in [-0.4, -0.2) is 35.2 Å². The lowest BCUT2D eigenvalue weighted by Crippen LogP contribution is -2.54. The summed E-state index contributed by atoms with van der Waals surface area (Å²) in [4.78, 5) is 62.2. The zero-order valence-electron chi connectivity index (χ0n) is 14.4. The zero-order valence-corrected chi connectivity index (χ0v) is 14.4. The number of carbonyl (C=O) groups is 5. The summed E-state index contributed by atoms with van der Waals surface area (Å²) in [5.41, 5.74) is -0.971. The van der Waals surface area contributed by atoms with E-state index in [1.54, 1.807) is 37.3 Å². The number of nitrogens with one attached hydrogen (secondary N) is 2. The van der Waals surface area contributed by atoms with Crippen molar-refractivity contribution in [1.82, 2.24) is 10.6 Å². The highest BCUT2D eigenvalue weighted by atomic mass is 16.2. The fourth-order valence-corrected chi connectivity index (χ4v) is 4.24. The Morgan fingerprint density at radius 3 is 1.89 bits per heavy atom. The molecule has 3 aliphatic heterocycles. The maximum Gasteiger partial charge on any atom is 0.261 e. The third-order valence-electron chi connectivity index (χ3n) is 5.43. The molecule has 9 heteroatoms. The summed E-state index contributed by atoms with van der Waals surface area (Å²) in [6.45, 7) is 1.55. The van der Waals surface area contributed by atoms with Crippen LogP contribution in [0.3, 0.4) is 0 Å². The SMILES string of the molecule is CC1=NN(c2ccccc2)C(=O)C1(C1CC(=O)NC1=O)C1CC(=O)NC1=O. The van der Waals surface area contributed by atoms with Crippen molar-refractivity contribution in [3.8, 4) is 0 Å². The normalized spacial score (nSPS) is 30.6. The second-order valence-electron chi connectivity index (χ2n) is 6.85. The van der Waals surface area contributed by atoms with E-state index in [4.69, 9.17) is 0 Å². The van der Waals surface area contributed by atoms with Gasteiger partial charge in [0.25, 0.3) is 5.91 Å². The standard InChI is InChI=1S/C18H16N4O5/c1-9-18(11-7-13(23)19-15(11)25,12-8-14(24)20-16(12)26)17(27)22(21-9)10-5-3-2-4-6-10/h2-6,11-12H,7-8H2,1H3,(H,19,23,25)(H,20,24,26). The molecule has 0 aliphatic carbocycles. The van der Waals surface area contributed by atoms with E-state index in [1.807, 2.05) is 0 Å². The van der Waals surface area contributed by atoms with Gasteiger partial charge in [0.2, 0.25) is 23.6 Å². The summed E-state index contributed by atoms with van der Waals surface area (Å²) in [5, 5.41) is 9.85. The number of nitrogens with zero attached hydrogens (tertiary/aromatic N) is 2. The minimum Gasteiger partial charge on any atom is -0.296 e. The summed E-state index contributed by atoms with van der Waals surface area (Å²) in [5.74, 6) is -5.10. The first-order valence-electron chi connectivity index (χ1n) is 8.48. The number of carbonyl (C=O) groups excluding carboxylic acids is 5. The molecule has 1 aromatic rings. The van der Waals surface area contributed by atoms with E-state index in [9.17, 15) is 24.0 Å². The van der Waals surface area contributed by atoms with Gasteiger partial charge in [0, 0.05) is 12.8 Å². The van der Waals surface area contributed by atoms with Crippen LogP contribution in [0.4, 0.5) is 5.69 Å². The lowest BCUT2D eigenvalue weighted by molar-refractivity contribution is -0.140. The Hall–Kier alpha value is -3.36. The minimum atomic E-state index is -1.68. The van der Waals surface area contributed by atoms with Gasteiger partial charge in [0.05, 0.1) is 23.2 Å². The highest BCUT2D eigenvalue weighted by molar-refractivity contribution is 6.25. The van der Waals surface area contributed by atoms with Crippen LogP contribution < -0.4 is 15.6 Å². The quantitative estimate of drug-likeness (QED) is 0.710. The Balaban J connectivity index is 1.87. The maximum atomic E-state index is 13.5. The molecule has 0 saturated carbocycles. The number of hydrazone groups is 1. The maximum absolute atomic E-state index is 13.5. The second-order valence-corrected chi connectivity index (χ2v) is 6.85. The molecule has 1 aromatic carbocycles. The van der Waals surface area contributed by atoms with E-state index in [0.29, 0.717) is 5.69 Å². The molecule has 0 radical (unpaired) electrons. The van der Waals surface area contributed by atoms with Crippen molar-refractivity contribution in [2.24, 2.45) is 22.4 Å².